The summed E-state index contributed by atoms with van der Waals surface area (Å²) in [4.78, 5) is 0.685. The lowest BCUT2D eigenvalue weighted by molar-refractivity contribution is 0.634. The summed E-state index contributed by atoms with van der Waals surface area (Å²) in [7, 11) is 1.60. The molecule has 0 spiro atoms. The van der Waals surface area contributed by atoms with Crippen LogP contribution in [0.1, 0.15) is 0 Å². The van der Waals surface area contributed by atoms with E-state index in [1.54, 1.807) is 19.3 Å². The Morgan fingerprint density at radius 1 is 1.62 bits per heavy atom. The zero-order valence-electron chi connectivity index (χ0n) is 6.86. The van der Waals surface area contributed by atoms with Gasteiger partial charge in [-0.25, -0.2) is 13.4 Å². The van der Waals surface area contributed by atoms with Gasteiger partial charge in [-0.3, -0.25) is 0 Å². The van der Waals surface area contributed by atoms with Crippen molar-refractivity contribution in [3.8, 4) is 10.6 Å². The molecule has 2 aromatic rings. The molecule has 0 bridgehead atoms. The van der Waals surface area contributed by atoms with Crippen LogP contribution in [0.4, 0.5) is 10.2 Å². The topological polar surface area (TPSA) is 56.7 Å². The molecule has 0 radical (unpaired) electrons. The summed E-state index contributed by atoms with van der Waals surface area (Å²) in [6.07, 6.45) is 1.60. The summed E-state index contributed by atoms with van der Waals surface area (Å²) in [5.41, 5.74) is 5.68. The van der Waals surface area contributed by atoms with Gasteiger partial charge in [0.1, 0.15) is 5.69 Å². The van der Waals surface area contributed by atoms with E-state index in [2.05, 4.69) is 9.47 Å². The van der Waals surface area contributed by atoms with Gasteiger partial charge in [-0.2, -0.15) is 5.10 Å². The number of aromatic nitrogens is 3. The molecule has 0 aliphatic heterocycles. The first-order valence-corrected chi connectivity index (χ1v) is 4.36. The molecule has 0 saturated heterocycles. The van der Waals surface area contributed by atoms with Gasteiger partial charge in [-0.05, 0) is 17.6 Å². The Hall–Kier alpha value is -1.43. The van der Waals surface area contributed by atoms with E-state index < -0.39 is 5.82 Å². The maximum Gasteiger partial charge on any atom is 0.193 e. The van der Waals surface area contributed by atoms with Crippen LogP contribution in [0.2, 0.25) is 0 Å². The zero-order valence-corrected chi connectivity index (χ0v) is 7.68. The van der Waals surface area contributed by atoms with Crippen LogP contribution in [0, 0.1) is 5.82 Å². The maximum absolute atomic E-state index is 13.4. The molecular weight excluding hydrogens is 191 g/mol. The van der Waals surface area contributed by atoms with E-state index in [4.69, 9.17) is 5.73 Å². The molecule has 68 valence electrons. The average molecular weight is 198 g/mol. The van der Waals surface area contributed by atoms with Crippen molar-refractivity contribution in [1.82, 2.24) is 14.2 Å². The first-order valence-electron chi connectivity index (χ1n) is 3.59. The lowest BCUT2D eigenvalue weighted by Crippen LogP contribution is -1.97. The Kier molecular flexibility index (Phi) is 1.77. The van der Waals surface area contributed by atoms with E-state index >= 15 is 0 Å². The Balaban J connectivity index is 2.59. The second kappa shape index (κ2) is 2.81. The molecule has 0 aliphatic carbocycles. The van der Waals surface area contributed by atoms with Crippen molar-refractivity contribution < 1.29 is 4.39 Å². The van der Waals surface area contributed by atoms with Crippen molar-refractivity contribution in [3.63, 3.8) is 0 Å². The summed E-state index contributed by atoms with van der Waals surface area (Å²) < 4.78 is 18.5. The average Bonchev–Trinajstić information content (AvgIpc) is 2.70. The lowest BCUT2D eigenvalue weighted by atomic mass is 10.3. The lowest BCUT2D eigenvalue weighted by Gasteiger charge is -1.88. The van der Waals surface area contributed by atoms with Crippen molar-refractivity contribution >= 4 is 17.4 Å². The number of nitrogens with zero attached hydrogens (tertiary/aromatic N) is 3. The molecule has 0 fully saturated rings. The number of nitrogens with two attached hydrogens (primary N) is 1. The Labute approximate surface area is 78.0 Å². The Morgan fingerprint density at radius 2 is 2.38 bits per heavy atom. The minimum Gasteiger partial charge on any atom is -0.381 e. The normalized spacial score (nSPS) is 10.6. The summed E-state index contributed by atoms with van der Waals surface area (Å²) in [6.45, 7) is 0. The molecule has 0 unspecified atom stereocenters. The van der Waals surface area contributed by atoms with Crippen LogP contribution in [0.3, 0.4) is 0 Å². The van der Waals surface area contributed by atoms with E-state index in [0.29, 0.717) is 4.88 Å². The van der Waals surface area contributed by atoms with Gasteiger partial charge in [-0.1, -0.05) is 0 Å². The minimum atomic E-state index is -0.480. The number of hydrogen-bond acceptors (Lipinski definition) is 4. The summed E-state index contributed by atoms with van der Waals surface area (Å²) in [5, 5.41) is 3.94. The molecule has 0 atom stereocenters. The molecule has 2 rings (SSSR count). The quantitative estimate of drug-likeness (QED) is 0.750. The van der Waals surface area contributed by atoms with E-state index in [9.17, 15) is 4.39 Å². The fourth-order valence-electron chi connectivity index (χ4n) is 1.01. The summed E-state index contributed by atoms with van der Waals surface area (Å²) in [5.74, 6) is -0.435. The van der Waals surface area contributed by atoms with Crippen molar-refractivity contribution in [2.45, 2.75) is 0 Å². The van der Waals surface area contributed by atoms with Crippen LogP contribution < -0.4 is 5.73 Å². The molecule has 2 aromatic heterocycles. The summed E-state index contributed by atoms with van der Waals surface area (Å²) in [6, 6.07) is 1.70. The van der Waals surface area contributed by atoms with E-state index in [0.717, 1.165) is 0 Å². The molecule has 0 aromatic carbocycles. The highest BCUT2D eigenvalue weighted by Gasteiger charge is 2.15. The van der Waals surface area contributed by atoms with Gasteiger partial charge in [-0.15, -0.1) is 0 Å². The van der Waals surface area contributed by atoms with Crippen LogP contribution in [-0.2, 0) is 7.05 Å². The van der Waals surface area contributed by atoms with Gasteiger partial charge in [0.15, 0.2) is 11.6 Å². The van der Waals surface area contributed by atoms with Crippen LogP contribution in [0.25, 0.3) is 10.6 Å². The Morgan fingerprint density at radius 3 is 2.85 bits per heavy atom. The molecule has 4 nitrogen and oxygen atoms in total. The smallest absolute Gasteiger partial charge is 0.193 e. The molecular formula is C7H7FN4S. The van der Waals surface area contributed by atoms with E-state index in [1.807, 2.05) is 0 Å². The van der Waals surface area contributed by atoms with Crippen molar-refractivity contribution in [2.75, 3.05) is 5.73 Å². The van der Waals surface area contributed by atoms with Gasteiger partial charge in [0.25, 0.3) is 0 Å². The number of rotatable bonds is 1. The summed E-state index contributed by atoms with van der Waals surface area (Å²) >= 11 is 1.19. The van der Waals surface area contributed by atoms with E-state index in [-0.39, 0.29) is 11.5 Å². The molecule has 0 aliphatic rings. The number of hydrogen-bond donors (Lipinski definition) is 1. The van der Waals surface area contributed by atoms with Crippen LogP contribution >= 0.6 is 11.5 Å². The highest BCUT2D eigenvalue weighted by Crippen LogP contribution is 2.26. The molecule has 0 amide bonds. The SMILES string of the molecule is Cn1nc(-c2ccns2)c(F)c1N. The highest BCUT2D eigenvalue weighted by atomic mass is 32.1. The van der Waals surface area contributed by atoms with Gasteiger partial charge in [0.2, 0.25) is 0 Å². The number of aryl methyl sites for hydroxylation is 1. The first kappa shape index (κ1) is 8.18. The van der Waals surface area contributed by atoms with Crippen LogP contribution in [0.5, 0.6) is 0 Å². The fraction of sp³-hybridized carbons (Fsp3) is 0.143. The van der Waals surface area contributed by atoms with Gasteiger partial charge < -0.3 is 5.73 Å². The molecule has 2 heterocycles. The van der Waals surface area contributed by atoms with Crippen LogP contribution in [0.15, 0.2) is 12.3 Å². The molecule has 6 heteroatoms. The van der Waals surface area contributed by atoms with Crippen molar-refractivity contribution in [1.29, 1.82) is 0 Å². The Bertz CT molecular complexity index is 420. The number of halogens is 1. The van der Waals surface area contributed by atoms with Crippen molar-refractivity contribution in [3.05, 3.63) is 18.1 Å². The maximum atomic E-state index is 13.4. The van der Waals surface area contributed by atoms with Gasteiger partial charge in [0, 0.05) is 13.2 Å². The third-order valence-electron chi connectivity index (χ3n) is 1.70. The fourth-order valence-corrected chi connectivity index (χ4v) is 1.58. The predicted molar refractivity (Wildman–Crippen MR) is 48.7 cm³/mol. The van der Waals surface area contributed by atoms with Crippen molar-refractivity contribution in [2.24, 2.45) is 7.05 Å². The number of nitrogen functional groups attached to an aromatic ring is 1. The third-order valence-corrected chi connectivity index (χ3v) is 2.46. The largest absolute Gasteiger partial charge is 0.381 e. The third kappa shape index (κ3) is 1.19. The highest BCUT2D eigenvalue weighted by molar-refractivity contribution is 7.09. The van der Waals surface area contributed by atoms with E-state index in [1.165, 1.54) is 16.2 Å². The standard InChI is InChI=1S/C7H7FN4S/c1-12-7(9)5(8)6(11-12)4-2-3-10-13-4/h2-3H,9H2,1H3. The monoisotopic (exact) mass is 198 g/mol. The second-order valence-electron chi connectivity index (χ2n) is 2.55. The van der Waals surface area contributed by atoms with Gasteiger partial charge in [0.05, 0.1) is 4.88 Å². The second-order valence-corrected chi connectivity index (χ2v) is 3.38. The van der Waals surface area contributed by atoms with Gasteiger partial charge >= 0.3 is 0 Å². The van der Waals surface area contributed by atoms with Crippen LogP contribution in [-0.4, -0.2) is 14.2 Å². The first-order chi connectivity index (χ1) is 6.20. The predicted octanol–water partition coefficient (Wildman–Crippen LogP) is 1.26. The zero-order chi connectivity index (χ0) is 9.42. The molecule has 2 N–H and O–H groups in total. The molecule has 0 saturated carbocycles. The number of anilines is 1. The minimum absolute atomic E-state index is 0.0448. The molecule has 13 heavy (non-hydrogen) atoms.